The molecule has 0 aliphatic heterocycles. The van der Waals surface area contributed by atoms with Crippen molar-refractivity contribution in [2.45, 2.75) is 52.7 Å². The van der Waals surface area contributed by atoms with Crippen LogP contribution in [0, 0.1) is 6.92 Å². The molecule has 0 spiro atoms. The van der Waals surface area contributed by atoms with Gasteiger partial charge in [-0.2, -0.15) is 0 Å². The lowest BCUT2D eigenvalue weighted by Gasteiger charge is -2.32. The summed E-state index contributed by atoms with van der Waals surface area (Å²) in [5, 5.41) is 3.71. The van der Waals surface area contributed by atoms with E-state index in [4.69, 9.17) is 23.2 Å². The molecule has 0 unspecified atom stereocenters. The van der Waals surface area contributed by atoms with Crippen LogP contribution in [0.5, 0.6) is 0 Å². The summed E-state index contributed by atoms with van der Waals surface area (Å²) in [7, 11) is -3.84. The molecule has 0 aromatic heterocycles. The van der Waals surface area contributed by atoms with E-state index in [1.165, 1.54) is 4.90 Å². The number of amides is 2. The quantitative estimate of drug-likeness (QED) is 0.495. The van der Waals surface area contributed by atoms with Crippen LogP contribution in [0.25, 0.3) is 0 Å². The molecule has 0 aliphatic carbocycles. The molecule has 0 saturated carbocycles. The molecular formula is C24H31Cl2N3O4S. The van der Waals surface area contributed by atoms with Gasteiger partial charge in [0, 0.05) is 22.6 Å². The van der Waals surface area contributed by atoms with Crippen molar-refractivity contribution in [3.05, 3.63) is 63.6 Å². The van der Waals surface area contributed by atoms with Gasteiger partial charge in [-0.1, -0.05) is 54.4 Å². The maximum absolute atomic E-state index is 13.6. The number of carbonyl (C=O) groups excluding carboxylic acids is 2. The van der Waals surface area contributed by atoms with Crippen molar-refractivity contribution >= 4 is 50.7 Å². The number of nitrogens with one attached hydrogen (secondary N) is 1. The topological polar surface area (TPSA) is 86.8 Å². The van der Waals surface area contributed by atoms with Crippen LogP contribution in [0.4, 0.5) is 5.69 Å². The second-order valence-electron chi connectivity index (χ2n) is 8.26. The first-order valence-corrected chi connectivity index (χ1v) is 13.5. The monoisotopic (exact) mass is 527 g/mol. The van der Waals surface area contributed by atoms with Crippen molar-refractivity contribution < 1.29 is 18.0 Å². The van der Waals surface area contributed by atoms with Crippen LogP contribution in [-0.2, 0) is 26.2 Å². The molecule has 10 heteroatoms. The van der Waals surface area contributed by atoms with Gasteiger partial charge in [0.25, 0.3) is 0 Å². The third-order valence-electron chi connectivity index (χ3n) is 5.65. The van der Waals surface area contributed by atoms with Gasteiger partial charge in [0.15, 0.2) is 0 Å². The predicted molar refractivity (Wildman–Crippen MR) is 138 cm³/mol. The van der Waals surface area contributed by atoms with E-state index >= 15 is 0 Å². The third-order valence-corrected chi connectivity index (χ3v) is 7.56. The number of rotatable bonds is 10. The molecular weight excluding hydrogens is 497 g/mol. The normalized spacial score (nSPS) is 13.1. The van der Waals surface area contributed by atoms with Crippen molar-refractivity contribution in [1.82, 2.24) is 10.2 Å². The largest absolute Gasteiger partial charge is 0.352 e. The van der Waals surface area contributed by atoms with Gasteiger partial charge in [-0.25, -0.2) is 8.42 Å². The van der Waals surface area contributed by atoms with Crippen molar-refractivity contribution in [3.8, 4) is 0 Å². The molecule has 0 fully saturated rings. The van der Waals surface area contributed by atoms with E-state index in [2.05, 4.69) is 5.32 Å². The summed E-state index contributed by atoms with van der Waals surface area (Å²) in [5.74, 6) is -0.879. The van der Waals surface area contributed by atoms with Gasteiger partial charge in [-0.3, -0.25) is 13.9 Å². The second kappa shape index (κ2) is 11.9. The molecule has 2 atom stereocenters. The van der Waals surface area contributed by atoms with E-state index in [0.717, 1.165) is 17.0 Å². The standard InChI is InChI=1S/C24H31Cl2N3O4S/c1-6-16(2)27-24(31)18(4)28(14-19-10-7-8-11-21(19)26)23(30)15-29(34(5,32)33)22-13-9-12-20(25)17(22)3/h7-13,16,18H,6,14-15H2,1-5H3,(H,27,31)/t16-,18+/m1/s1. The molecule has 186 valence electrons. The molecule has 2 aromatic rings. The summed E-state index contributed by atoms with van der Waals surface area (Å²) in [6.07, 6.45) is 1.75. The maximum Gasteiger partial charge on any atom is 0.244 e. The number of sulfonamides is 1. The van der Waals surface area contributed by atoms with E-state index in [0.29, 0.717) is 26.9 Å². The summed E-state index contributed by atoms with van der Waals surface area (Å²) >= 11 is 12.5. The van der Waals surface area contributed by atoms with Gasteiger partial charge in [0.05, 0.1) is 11.9 Å². The molecule has 2 aromatic carbocycles. The SMILES string of the molecule is CC[C@@H](C)NC(=O)[C@H](C)N(Cc1ccccc1Cl)C(=O)CN(c1cccc(Cl)c1C)S(C)(=O)=O. The second-order valence-corrected chi connectivity index (χ2v) is 11.0. The van der Waals surface area contributed by atoms with E-state index in [1.807, 2.05) is 13.8 Å². The molecule has 1 N–H and O–H groups in total. The Morgan fingerprint density at radius 1 is 1.03 bits per heavy atom. The highest BCUT2D eigenvalue weighted by molar-refractivity contribution is 7.92. The first kappa shape index (κ1) is 28.0. The Labute approximate surface area is 212 Å². The molecule has 0 aliphatic rings. The number of nitrogens with zero attached hydrogens (tertiary/aromatic N) is 2. The van der Waals surface area contributed by atoms with Crippen LogP contribution in [0.1, 0.15) is 38.3 Å². The maximum atomic E-state index is 13.6. The fourth-order valence-corrected chi connectivity index (χ4v) is 4.58. The summed E-state index contributed by atoms with van der Waals surface area (Å²) in [6.45, 7) is 6.66. The Hall–Kier alpha value is -2.29. The predicted octanol–water partition coefficient (Wildman–Crippen LogP) is 4.40. The van der Waals surface area contributed by atoms with Gasteiger partial charge in [0.2, 0.25) is 21.8 Å². The highest BCUT2D eigenvalue weighted by Crippen LogP contribution is 2.28. The van der Waals surface area contributed by atoms with Gasteiger partial charge in [-0.15, -0.1) is 0 Å². The fourth-order valence-electron chi connectivity index (χ4n) is 3.32. The molecule has 7 nitrogen and oxygen atoms in total. The zero-order valence-electron chi connectivity index (χ0n) is 20.0. The molecule has 0 bridgehead atoms. The minimum absolute atomic E-state index is 0.0414. The number of hydrogen-bond acceptors (Lipinski definition) is 4. The zero-order chi connectivity index (χ0) is 25.6. The number of hydrogen-bond donors (Lipinski definition) is 1. The van der Waals surface area contributed by atoms with Gasteiger partial charge in [-0.05, 0) is 56.5 Å². The molecule has 2 rings (SSSR count). The molecule has 0 radical (unpaired) electrons. The van der Waals surface area contributed by atoms with Crippen molar-refractivity contribution in [3.63, 3.8) is 0 Å². The van der Waals surface area contributed by atoms with E-state index in [-0.39, 0.29) is 18.5 Å². The lowest BCUT2D eigenvalue weighted by molar-refractivity contribution is -0.139. The minimum atomic E-state index is -3.84. The van der Waals surface area contributed by atoms with Crippen LogP contribution in [0.15, 0.2) is 42.5 Å². The van der Waals surface area contributed by atoms with Crippen LogP contribution in [0.2, 0.25) is 10.0 Å². The number of benzene rings is 2. The summed E-state index contributed by atoms with van der Waals surface area (Å²) in [4.78, 5) is 27.8. The first-order valence-electron chi connectivity index (χ1n) is 10.9. The Kier molecular flexibility index (Phi) is 9.79. The van der Waals surface area contributed by atoms with Crippen molar-refractivity contribution in [2.75, 3.05) is 17.1 Å². The average molecular weight is 529 g/mol. The van der Waals surface area contributed by atoms with E-state index < -0.39 is 28.5 Å². The Morgan fingerprint density at radius 2 is 1.65 bits per heavy atom. The molecule has 0 saturated heterocycles. The summed E-state index contributed by atoms with van der Waals surface area (Å²) in [5.41, 5.74) is 1.48. The zero-order valence-corrected chi connectivity index (χ0v) is 22.3. The Bertz CT molecular complexity index is 1140. The highest BCUT2D eigenvalue weighted by atomic mass is 35.5. The average Bonchev–Trinajstić information content (AvgIpc) is 2.77. The number of halogens is 2. The lowest BCUT2D eigenvalue weighted by Crippen LogP contribution is -2.52. The van der Waals surface area contributed by atoms with Crippen LogP contribution >= 0.6 is 23.2 Å². The van der Waals surface area contributed by atoms with E-state index in [1.54, 1.807) is 56.3 Å². The summed E-state index contributed by atoms with van der Waals surface area (Å²) < 4.78 is 26.3. The van der Waals surface area contributed by atoms with Crippen molar-refractivity contribution in [1.29, 1.82) is 0 Å². The van der Waals surface area contributed by atoms with Gasteiger partial charge in [0.1, 0.15) is 12.6 Å². The lowest BCUT2D eigenvalue weighted by atomic mass is 10.1. The minimum Gasteiger partial charge on any atom is -0.352 e. The van der Waals surface area contributed by atoms with Crippen LogP contribution in [-0.4, -0.2) is 50.0 Å². The number of carbonyl (C=O) groups is 2. The smallest absolute Gasteiger partial charge is 0.244 e. The first-order chi connectivity index (χ1) is 15.9. The van der Waals surface area contributed by atoms with Gasteiger partial charge >= 0.3 is 0 Å². The Morgan fingerprint density at radius 3 is 2.24 bits per heavy atom. The molecule has 0 heterocycles. The Balaban J connectivity index is 2.45. The van der Waals surface area contributed by atoms with Gasteiger partial charge < -0.3 is 10.2 Å². The summed E-state index contributed by atoms with van der Waals surface area (Å²) in [6, 6.07) is 10.9. The third kappa shape index (κ3) is 7.10. The highest BCUT2D eigenvalue weighted by Gasteiger charge is 2.31. The molecule has 2 amide bonds. The fraction of sp³-hybridized carbons (Fsp3) is 0.417. The molecule has 34 heavy (non-hydrogen) atoms. The van der Waals surface area contributed by atoms with Crippen LogP contribution in [0.3, 0.4) is 0 Å². The number of anilines is 1. The van der Waals surface area contributed by atoms with Crippen molar-refractivity contribution in [2.24, 2.45) is 0 Å². The van der Waals surface area contributed by atoms with E-state index in [9.17, 15) is 18.0 Å². The van der Waals surface area contributed by atoms with Crippen LogP contribution < -0.4 is 9.62 Å².